The molecule has 0 saturated carbocycles. The fourth-order valence-electron chi connectivity index (χ4n) is 2.25. The van der Waals surface area contributed by atoms with Crippen LogP contribution in [0.15, 0.2) is 18.2 Å². The lowest BCUT2D eigenvalue weighted by atomic mass is 9.99. The summed E-state index contributed by atoms with van der Waals surface area (Å²) in [5.74, 6) is -1.61. The van der Waals surface area contributed by atoms with Gasteiger partial charge in [0, 0.05) is 12.1 Å². The molecule has 1 heterocycles. The summed E-state index contributed by atoms with van der Waals surface area (Å²) in [6, 6.07) is 3.18. The van der Waals surface area contributed by atoms with E-state index in [1.165, 1.54) is 4.90 Å². The van der Waals surface area contributed by atoms with Crippen LogP contribution in [-0.2, 0) is 26.1 Å². The average molecular weight is 381 g/mol. The van der Waals surface area contributed by atoms with Crippen molar-refractivity contribution >= 4 is 22.0 Å². The Labute approximate surface area is 141 Å². The van der Waals surface area contributed by atoms with Crippen molar-refractivity contribution in [2.75, 3.05) is 19.7 Å². The van der Waals surface area contributed by atoms with E-state index in [9.17, 15) is 31.2 Å². The molecule has 0 bridgehead atoms. The van der Waals surface area contributed by atoms with E-state index < -0.39 is 33.3 Å². The average Bonchev–Trinajstić information content (AvgIpc) is 2.49. The lowest BCUT2D eigenvalue weighted by molar-refractivity contribution is -0.143. The fourth-order valence-corrected chi connectivity index (χ4v) is 2.70. The Morgan fingerprint density at radius 1 is 1.32 bits per heavy atom. The molecule has 1 aliphatic heterocycles. The molecule has 0 fully saturated rings. The number of hydrogen-bond donors (Lipinski definition) is 0. The van der Waals surface area contributed by atoms with Crippen LogP contribution in [0.1, 0.15) is 22.8 Å². The van der Waals surface area contributed by atoms with Crippen LogP contribution in [-0.4, -0.2) is 50.4 Å². The summed E-state index contributed by atoms with van der Waals surface area (Å²) in [5.41, 5.74) is -5.05. The maximum Gasteiger partial charge on any atom is 0.534 e. The van der Waals surface area contributed by atoms with Gasteiger partial charge in [0.05, 0.1) is 6.61 Å². The quantitative estimate of drug-likeness (QED) is 0.436. The van der Waals surface area contributed by atoms with E-state index in [1.807, 2.05) is 0 Å². The van der Waals surface area contributed by atoms with Crippen molar-refractivity contribution in [3.63, 3.8) is 0 Å². The van der Waals surface area contributed by atoms with Crippen molar-refractivity contribution in [2.45, 2.75) is 18.9 Å². The number of fused-ring (bicyclic) bond motifs is 1. The molecule has 0 aliphatic carbocycles. The number of alkyl halides is 3. The summed E-state index contributed by atoms with van der Waals surface area (Å²) >= 11 is 0. The van der Waals surface area contributed by atoms with Crippen LogP contribution in [0, 0.1) is 0 Å². The summed E-state index contributed by atoms with van der Waals surface area (Å²) in [5, 5.41) is 0. The van der Waals surface area contributed by atoms with E-state index in [0.29, 0.717) is 5.56 Å². The molecular weight excluding hydrogens is 367 g/mol. The monoisotopic (exact) mass is 381 g/mol. The molecule has 1 aliphatic rings. The zero-order chi connectivity index (χ0) is 18.8. The van der Waals surface area contributed by atoms with Crippen LogP contribution < -0.4 is 4.18 Å². The normalized spacial score (nSPS) is 14.9. The van der Waals surface area contributed by atoms with Crippen molar-refractivity contribution in [3.8, 4) is 5.75 Å². The van der Waals surface area contributed by atoms with Crippen molar-refractivity contribution in [1.82, 2.24) is 4.90 Å². The second-order valence-corrected chi connectivity index (χ2v) is 6.62. The number of ether oxygens (including phenoxy) is 1. The number of esters is 1. The molecule has 0 aromatic heterocycles. The van der Waals surface area contributed by atoms with E-state index in [-0.39, 0.29) is 31.7 Å². The first-order valence-electron chi connectivity index (χ1n) is 7.13. The van der Waals surface area contributed by atoms with Gasteiger partial charge in [-0.3, -0.25) is 9.59 Å². The van der Waals surface area contributed by atoms with E-state index in [0.717, 1.165) is 18.2 Å². The molecule has 11 heteroatoms. The smallest absolute Gasteiger partial charge is 0.465 e. The molecule has 0 unspecified atom stereocenters. The van der Waals surface area contributed by atoms with Gasteiger partial charge in [0.2, 0.25) is 0 Å². The fraction of sp³-hybridized carbons (Fsp3) is 0.429. The van der Waals surface area contributed by atoms with Gasteiger partial charge in [-0.1, -0.05) is 0 Å². The Morgan fingerprint density at radius 3 is 2.60 bits per heavy atom. The van der Waals surface area contributed by atoms with E-state index in [2.05, 4.69) is 4.18 Å². The van der Waals surface area contributed by atoms with Gasteiger partial charge in [-0.2, -0.15) is 21.6 Å². The van der Waals surface area contributed by atoms with Gasteiger partial charge in [-0.05, 0) is 37.1 Å². The summed E-state index contributed by atoms with van der Waals surface area (Å²) < 4.78 is 67.8. The Balaban J connectivity index is 2.18. The first-order chi connectivity index (χ1) is 11.5. The second kappa shape index (κ2) is 6.90. The van der Waals surface area contributed by atoms with E-state index >= 15 is 0 Å². The van der Waals surface area contributed by atoms with Crippen LogP contribution >= 0.6 is 0 Å². The van der Waals surface area contributed by atoms with E-state index in [1.54, 1.807) is 6.92 Å². The second-order valence-electron chi connectivity index (χ2n) is 5.08. The Morgan fingerprint density at radius 2 is 2.00 bits per heavy atom. The summed E-state index contributed by atoms with van der Waals surface area (Å²) in [4.78, 5) is 25.0. The first-order valence-corrected chi connectivity index (χ1v) is 8.54. The topological polar surface area (TPSA) is 90.0 Å². The van der Waals surface area contributed by atoms with Gasteiger partial charge in [-0.15, -0.1) is 0 Å². The predicted molar refractivity (Wildman–Crippen MR) is 78.3 cm³/mol. The maximum absolute atomic E-state index is 12.3. The van der Waals surface area contributed by atoms with Crippen molar-refractivity contribution in [2.24, 2.45) is 0 Å². The zero-order valence-corrected chi connectivity index (χ0v) is 13.8. The molecule has 138 valence electrons. The minimum Gasteiger partial charge on any atom is -0.465 e. The Kier molecular flexibility index (Phi) is 5.26. The molecule has 1 aromatic carbocycles. The summed E-state index contributed by atoms with van der Waals surface area (Å²) in [6.45, 7) is 1.69. The van der Waals surface area contributed by atoms with Gasteiger partial charge in [0.15, 0.2) is 0 Å². The number of nitrogens with zero attached hydrogens (tertiary/aromatic N) is 1. The van der Waals surface area contributed by atoms with Crippen molar-refractivity contribution in [3.05, 3.63) is 29.3 Å². The highest BCUT2D eigenvalue weighted by atomic mass is 32.2. The SMILES string of the molecule is CCOC(=O)CN1CCc2cc(OS(=O)(=O)C(F)(F)F)ccc2C1=O. The predicted octanol–water partition coefficient (Wildman–Crippen LogP) is 1.48. The van der Waals surface area contributed by atoms with Gasteiger partial charge in [-0.25, -0.2) is 0 Å². The Hall–Kier alpha value is -2.30. The molecule has 0 radical (unpaired) electrons. The third-order valence-electron chi connectivity index (χ3n) is 3.36. The molecule has 0 atom stereocenters. The highest BCUT2D eigenvalue weighted by Crippen LogP contribution is 2.29. The molecule has 1 aromatic rings. The van der Waals surface area contributed by atoms with E-state index in [4.69, 9.17) is 4.74 Å². The first kappa shape index (κ1) is 19.0. The zero-order valence-electron chi connectivity index (χ0n) is 13.0. The van der Waals surface area contributed by atoms with Crippen LogP contribution in [0.4, 0.5) is 13.2 Å². The van der Waals surface area contributed by atoms with Gasteiger partial charge >= 0.3 is 21.6 Å². The highest BCUT2D eigenvalue weighted by molar-refractivity contribution is 7.88. The van der Waals surface area contributed by atoms with Gasteiger partial charge in [0.1, 0.15) is 12.3 Å². The molecule has 0 N–H and O–H groups in total. The lowest BCUT2D eigenvalue weighted by Gasteiger charge is -2.27. The number of rotatable bonds is 5. The molecule has 25 heavy (non-hydrogen) atoms. The molecule has 0 spiro atoms. The third kappa shape index (κ3) is 4.21. The number of carbonyl (C=O) groups excluding carboxylic acids is 2. The Bertz CT molecular complexity index is 790. The highest BCUT2D eigenvalue weighted by Gasteiger charge is 2.48. The van der Waals surface area contributed by atoms with Gasteiger partial charge in [0.25, 0.3) is 5.91 Å². The number of carbonyl (C=O) groups is 2. The molecule has 0 saturated heterocycles. The maximum atomic E-state index is 12.3. The largest absolute Gasteiger partial charge is 0.534 e. The molecule has 1 amide bonds. The lowest BCUT2D eigenvalue weighted by Crippen LogP contribution is -2.41. The van der Waals surface area contributed by atoms with Crippen LogP contribution in [0.5, 0.6) is 5.75 Å². The minimum atomic E-state index is -5.78. The standard InChI is InChI=1S/C14H14F3NO6S/c1-2-23-12(19)8-18-6-5-9-7-10(3-4-11(9)13(18)20)24-25(21,22)14(15,16)17/h3-4,7H,2,5-6,8H2,1H3. The van der Waals surface area contributed by atoms with Crippen LogP contribution in [0.2, 0.25) is 0 Å². The summed E-state index contributed by atoms with van der Waals surface area (Å²) in [7, 11) is -5.78. The van der Waals surface area contributed by atoms with Gasteiger partial charge < -0.3 is 13.8 Å². The number of amides is 1. The molecule has 2 rings (SSSR count). The van der Waals surface area contributed by atoms with Crippen LogP contribution in [0.25, 0.3) is 0 Å². The third-order valence-corrected chi connectivity index (χ3v) is 4.34. The number of hydrogen-bond acceptors (Lipinski definition) is 6. The van der Waals surface area contributed by atoms with Crippen molar-refractivity contribution in [1.29, 1.82) is 0 Å². The number of halogens is 3. The minimum absolute atomic E-state index is 0.139. The summed E-state index contributed by atoms with van der Waals surface area (Å²) in [6.07, 6.45) is 0.226. The van der Waals surface area contributed by atoms with Crippen LogP contribution in [0.3, 0.4) is 0 Å². The molecule has 7 nitrogen and oxygen atoms in total. The number of benzene rings is 1. The van der Waals surface area contributed by atoms with Crippen molar-refractivity contribution < 1.29 is 40.1 Å². The molecular formula is C14H14F3NO6S.